The van der Waals surface area contributed by atoms with Crippen LogP contribution in [0, 0.1) is 0 Å². The zero-order valence-electron chi connectivity index (χ0n) is 11.4. The molecule has 0 spiro atoms. The van der Waals surface area contributed by atoms with Gasteiger partial charge < -0.3 is 9.84 Å². The summed E-state index contributed by atoms with van der Waals surface area (Å²) in [6.45, 7) is 2.76. The molecule has 0 aliphatic rings. The number of hydrogen-bond acceptors (Lipinski definition) is 3. The molecule has 1 aromatic carbocycles. The van der Waals surface area contributed by atoms with Crippen molar-refractivity contribution in [1.82, 2.24) is 9.78 Å². The molecule has 4 nitrogen and oxygen atoms in total. The first-order valence-electron chi connectivity index (χ1n) is 6.58. The molecule has 0 radical (unpaired) electrons. The summed E-state index contributed by atoms with van der Waals surface area (Å²) < 4.78 is 7.31. The van der Waals surface area contributed by atoms with Crippen LogP contribution in [-0.2, 0) is 13.5 Å². The lowest BCUT2D eigenvalue weighted by molar-refractivity contribution is 0.176. The minimum Gasteiger partial charge on any atom is -0.494 e. The third kappa shape index (κ3) is 3.83. The number of aliphatic hydroxyl groups is 1. The maximum Gasteiger partial charge on any atom is 0.119 e. The number of rotatable bonds is 6. The lowest BCUT2D eigenvalue weighted by Gasteiger charge is -2.11. The zero-order valence-corrected chi connectivity index (χ0v) is 11.4. The molecule has 1 unspecified atom stereocenters. The van der Waals surface area contributed by atoms with E-state index in [0.717, 1.165) is 23.4 Å². The van der Waals surface area contributed by atoms with Crippen molar-refractivity contribution < 1.29 is 9.84 Å². The van der Waals surface area contributed by atoms with Crippen LogP contribution in [0.2, 0.25) is 0 Å². The average Bonchev–Trinajstić information content (AvgIpc) is 2.82. The van der Waals surface area contributed by atoms with Crippen LogP contribution in [0.1, 0.15) is 30.7 Å². The molecule has 1 atom stereocenters. The molecule has 0 fully saturated rings. The average molecular weight is 260 g/mol. The summed E-state index contributed by atoms with van der Waals surface area (Å²) in [4.78, 5) is 0. The van der Waals surface area contributed by atoms with Crippen molar-refractivity contribution in [1.29, 1.82) is 0 Å². The number of ether oxygens (including phenoxy) is 1. The molecule has 4 heteroatoms. The van der Waals surface area contributed by atoms with E-state index in [4.69, 9.17) is 4.74 Å². The van der Waals surface area contributed by atoms with E-state index in [0.29, 0.717) is 13.0 Å². The quantitative estimate of drug-likeness (QED) is 0.868. The maximum absolute atomic E-state index is 10.2. The van der Waals surface area contributed by atoms with Crippen molar-refractivity contribution in [3.63, 3.8) is 0 Å². The van der Waals surface area contributed by atoms with Gasteiger partial charge in [0, 0.05) is 19.7 Å². The molecular formula is C15H20N2O2. The molecule has 0 aliphatic heterocycles. The van der Waals surface area contributed by atoms with Gasteiger partial charge in [-0.3, -0.25) is 4.68 Å². The van der Waals surface area contributed by atoms with Gasteiger partial charge in [0.05, 0.1) is 18.4 Å². The SMILES string of the molecule is CCCOc1cccc(C(O)Cc2ccn(C)n2)c1. The molecule has 2 aromatic rings. The van der Waals surface area contributed by atoms with Crippen LogP contribution in [0.25, 0.3) is 0 Å². The first-order chi connectivity index (χ1) is 9.19. The Labute approximate surface area is 113 Å². The summed E-state index contributed by atoms with van der Waals surface area (Å²) >= 11 is 0. The van der Waals surface area contributed by atoms with Crippen LogP contribution in [0.3, 0.4) is 0 Å². The van der Waals surface area contributed by atoms with E-state index in [1.165, 1.54) is 0 Å². The fraction of sp³-hybridized carbons (Fsp3) is 0.400. The van der Waals surface area contributed by atoms with Crippen molar-refractivity contribution >= 4 is 0 Å². The maximum atomic E-state index is 10.2. The van der Waals surface area contributed by atoms with Crippen LogP contribution in [0.5, 0.6) is 5.75 Å². The molecule has 19 heavy (non-hydrogen) atoms. The van der Waals surface area contributed by atoms with Crippen LogP contribution in [0.15, 0.2) is 36.5 Å². The summed E-state index contributed by atoms with van der Waals surface area (Å²) in [6.07, 6.45) is 2.81. The van der Waals surface area contributed by atoms with Gasteiger partial charge in [-0.15, -0.1) is 0 Å². The highest BCUT2D eigenvalue weighted by molar-refractivity contribution is 5.30. The summed E-state index contributed by atoms with van der Waals surface area (Å²) in [7, 11) is 1.87. The van der Waals surface area contributed by atoms with Gasteiger partial charge in [-0.1, -0.05) is 19.1 Å². The number of aliphatic hydroxyl groups excluding tert-OH is 1. The van der Waals surface area contributed by atoms with Gasteiger partial charge in [-0.05, 0) is 30.2 Å². The largest absolute Gasteiger partial charge is 0.494 e. The molecule has 1 aromatic heterocycles. The molecule has 1 heterocycles. The highest BCUT2D eigenvalue weighted by Crippen LogP contribution is 2.22. The van der Waals surface area contributed by atoms with Gasteiger partial charge in [-0.2, -0.15) is 5.10 Å². The molecular weight excluding hydrogens is 240 g/mol. The van der Waals surface area contributed by atoms with Gasteiger partial charge in [0.25, 0.3) is 0 Å². The Bertz CT molecular complexity index is 522. The predicted octanol–water partition coefficient (Wildman–Crippen LogP) is 2.49. The molecule has 0 bridgehead atoms. The van der Waals surface area contributed by atoms with E-state index in [2.05, 4.69) is 12.0 Å². The number of hydrogen-bond donors (Lipinski definition) is 1. The number of aromatic nitrogens is 2. The second-order valence-electron chi connectivity index (χ2n) is 4.62. The Morgan fingerprint density at radius 3 is 2.89 bits per heavy atom. The molecule has 0 amide bonds. The first-order valence-corrected chi connectivity index (χ1v) is 6.58. The normalized spacial score (nSPS) is 12.4. The van der Waals surface area contributed by atoms with Crippen LogP contribution >= 0.6 is 0 Å². The van der Waals surface area contributed by atoms with Gasteiger partial charge in [0.1, 0.15) is 5.75 Å². The zero-order chi connectivity index (χ0) is 13.7. The molecule has 0 saturated heterocycles. The molecule has 2 rings (SSSR count). The van der Waals surface area contributed by atoms with Crippen molar-refractivity contribution in [2.75, 3.05) is 6.61 Å². The molecule has 0 saturated carbocycles. The van der Waals surface area contributed by atoms with Crippen LogP contribution in [-0.4, -0.2) is 21.5 Å². The van der Waals surface area contributed by atoms with E-state index in [-0.39, 0.29) is 0 Å². The topological polar surface area (TPSA) is 47.3 Å². The van der Waals surface area contributed by atoms with Gasteiger partial charge in [0.2, 0.25) is 0 Å². The molecule has 1 N–H and O–H groups in total. The Balaban J connectivity index is 2.03. The Morgan fingerprint density at radius 1 is 1.37 bits per heavy atom. The highest BCUT2D eigenvalue weighted by Gasteiger charge is 2.11. The third-order valence-corrected chi connectivity index (χ3v) is 2.89. The predicted molar refractivity (Wildman–Crippen MR) is 74.1 cm³/mol. The van der Waals surface area contributed by atoms with Gasteiger partial charge in [-0.25, -0.2) is 0 Å². The highest BCUT2D eigenvalue weighted by atomic mass is 16.5. The van der Waals surface area contributed by atoms with Crippen LogP contribution < -0.4 is 4.74 Å². The van der Waals surface area contributed by atoms with Gasteiger partial charge >= 0.3 is 0 Å². The van der Waals surface area contributed by atoms with Crippen molar-refractivity contribution in [3.8, 4) is 5.75 Å². The fourth-order valence-corrected chi connectivity index (χ4v) is 1.92. The number of nitrogens with zero attached hydrogens (tertiary/aromatic N) is 2. The fourth-order valence-electron chi connectivity index (χ4n) is 1.92. The Hall–Kier alpha value is -1.81. The summed E-state index contributed by atoms with van der Waals surface area (Å²) in [5, 5.41) is 14.5. The van der Waals surface area contributed by atoms with Crippen molar-refractivity contribution in [2.24, 2.45) is 7.05 Å². The first kappa shape index (κ1) is 13.6. The third-order valence-electron chi connectivity index (χ3n) is 2.89. The summed E-state index contributed by atoms with van der Waals surface area (Å²) in [6, 6.07) is 9.53. The molecule has 102 valence electrons. The minimum atomic E-state index is -0.555. The standard InChI is InChI=1S/C15H20N2O2/c1-3-9-19-14-6-4-5-12(10-14)15(18)11-13-7-8-17(2)16-13/h4-8,10,15,18H,3,9,11H2,1-2H3. The Kier molecular flexibility index (Phi) is 4.58. The second-order valence-corrected chi connectivity index (χ2v) is 4.62. The lowest BCUT2D eigenvalue weighted by atomic mass is 10.0. The molecule has 0 aliphatic carbocycles. The van der Waals surface area contributed by atoms with E-state index in [1.807, 2.05) is 43.6 Å². The Morgan fingerprint density at radius 2 is 2.21 bits per heavy atom. The minimum absolute atomic E-state index is 0.512. The smallest absolute Gasteiger partial charge is 0.119 e. The second kappa shape index (κ2) is 6.38. The van der Waals surface area contributed by atoms with Crippen molar-refractivity contribution in [2.45, 2.75) is 25.9 Å². The van der Waals surface area contributed by atoms with Crippen molar-refractivity contribution in [3.05, 3.63) is 47.8 Å². The summed E-state index contributed by atoms with van der Waals surface area (Å²) in [5.74, 6) is 0.805. The monoisotopic (exact) mass is 260 g/mol. The van der Waals surface area contributed by atoms with E-state index < -0.39 is 6.10 Å². The van der Waals surface area contributed by atoms with E-state index >= 15 is 0 Å². The lowest BCUT2D eigenvalue weighted by Crippen LogP contribution is -2.04. The van der Waals surface area contributed by atoms with Gasteiger partial charge in [0.15, 0.2) is 0 Å². The number of benzene rings is 1. The number of aryl methyl sites for hydroxylation is 1. The van der Waals surface area contributed by atoms with E-state index in [1.54, 1.807) is 4.68 Å². The van der Waals surface area contributed by atoms with Crippen LogP contribution in [0.4, 0.5) is 0 Å². The summed E-state index contributed by atoms with van der Waals surface area (Å²) in [5.41, 5.74) is 1.74. The van der Waals surface area contributed by atoms with E-state index in [9.17, 15) is 5.11 Å².